The topological polar surface area (TPSA) is 86.8 Å². The number of benzene rings is 2. The summed E-state index contributed by atoms with van der Waals surface area (Å²) in [6.45, 7) is 10.7. The fourth-order valence-corrected chi connectivity index (χ4v) is 8.76. The minimum atomic E-state index is 0.369. The van der Waals surface area contributed by atoms with Gasteiger partial charge in [0, 0.05) is 87.0 Å². The minimum Gasteiger partial charge on any atom is -0.481 e. The van der Waals surface area contributed by atoms with E-state index in [9.17, 15) is 4.79 Å². The highest BCUT2D eigenvalue weighted by Crippen LogP contribution is 2.53. The standard InChI is InChI=1S/C42H48N6O3/c1-29(2)36-6-4-5-7-37(36)38-27-46(26-30-8-11-40(50-3)44-24-30)18-19-48(38)34-22-42(23-34)13-16-47(17-14-42)33-10-9-32(28-49)39(21-33)51-35-20-31-12-15-43-41(31)45-25-35/h4-12,15,20-21,24-25,28-29,34,38H,13-14,16-19,22-23,26-27H2,1-3H3,(H,43,45). The number of carbonyl (C=O) groups excluding carboxylic acids is 1. The number of aromatic nitrogens is 3. The van der Waals surface area contributed by atoms with Crippen molar-refractivity contribution in [3.05, 3.63) is 108 Å². The molecule has 5 aromatic rings. The first-order valence-corrected chi connectivity index (χ1v) is 18.4. The zero-order chi connectivity index (χ0) is 35.0. The third kappa shape index (κ3) is 6.85. The molecule has 9 nitrogen and oxygen atoms in total. The fourth-order valence-electron chi connectivity index (χ4n) is 8.76. The zero-order valence-corrected chi connectivity index (χ0v) is 29.9. The number of hydrogen-bond acceptors (Lipinski definition) is 8. The van der Waals surface area contributed by atoms with E-state index in [1.807, 2.05) is 42.7 Å². The van der Waals surface area contributed by atoms with Gasteiger partial charge >= 0.3 is 0 Å². The second kappa shape index (κ2) is 14.1. The van der Waals surface area contributed by atoms with E-state index in [0.717, 1.165) is 62.3 Å². The number of carbonyl (C=O) groups is 1. The molecular formula is C42H48N6O3. The van der Waals surface area contributed by atoms with E-state index in [0.29, 0.717) is 46.4 Å². The van der Waals surface area contributed by atoms with Crippen LogP contribution in [0.25, 0.3) is 11.0 Å². The Morgan fingerprint density at radius 3 is 2.57 bits per heavy atom. The molecule has 3 aromatic heterocycles. The molecule has 1 spiro atoms. The smallest absolute Gasteiger partial charge is 0.212 e. The molecule has 3 aliphatic rings. The normalized spacial score (nSPS) is 19.8. The van der Waals surface area contributed by atoms with Crippen LogP contribution in [-0.4, -0.2) is 76.9 Å². The summed E-state index contributed by atoms with van der Waals surface area (Å²) < 4.78 is 11.5. The van der Waals surface area contributed by atoms with Crippen molar-refractivity contribution >= 4 is 23.0 Å². The van der Waals surface area contributed by atoms with Gasteiger partial charge in [-0.25, -0.2) is 9.97 Å². The molecule has 264 valence electrons. The molecule has 1 N–H and O–H groups in total. The molecule has 0 bridgehead atoms. The second-order valence-corrected chi connectivity index (χ2v) is 15.1. The Balaban J connectivity index is 0.938. The molecule has 0 amide bonds. The van der Waals surface area contributed by atoms with Crippen LogP contribution in [0.4, 0.5) is 5.69 Å². The van der Waals surface area contributed by atoms with Gasteiger partial charge in [-0.15, -0.1) is 0 Å². The van der Waals surface area contributed by atoms with Crippen molar-refractivity contribution in [1.82, 2.24) is 24.8 Å². The molecule has 5 heterocycles. The summed E-state index contributed by atoms with van der Waals surface area (Å²) in [5.41, 5.74) is 7.03. The lowest BCUT2D eigenvalue weighted by Crippen LogP contribution is -2.60. The maximum Gasteiger partial charge on any atom is 0.212 e. The number of ether oxygens (including phenoxy) is 2. The average Bonchev–Trinajstić information content (AvgIpc) is 3.62. The number of piperazine rings is 1. The molecule has 51 heavy (non-hydrogen) atoms. The lowest BCUT2D eigenvalue weighted by Gasteiger charge is -2.58. The summed E-state index contributed by atoms with van der Waals surface area (Å²) in [5, 5.41) is 0.972. The number of methoxy groups -OCH3 is 1. The van der Waals surface area contributed by atoms with Crippen molar-refractivity contribution < 1.29 is 14.3 Å². The summed E-state index contributed by atoms with van der Waals surface area (Å²) in [5.74, 6) is 2.32. The summed E-state index contributed by atoms with van der Waals surface area (Å²) in [6.07, 6.45) is 11.3. The first kappa shape index (κ1) is 33.4. The molecule has 1 atom stereocenters. The van der Waals surface area contributed by atoms with Gasteiger partial charge in [-0.3, -0.25) is 14.6 Å². The highest BCUT2D eigenvalue weighted by Gasteiger charge is 2.50. The number of fused-ring (bicyclic) bond motifs is 1. The summed E-state index contributed by atoms with van der Waals surface area (Å²) in [4.78, 5) is 31.9. The number of rotatable bonds is 10. The molecule has 1 aliphatic carbocycles. The highest BCUT2D eigenvalue weighted by molar-refractivity contribution is 5.81. The molecule has 0 radical (unpaired) electrons. The van der Waals surface area contributed by atoms with Crippen molar-refractivity contribution in [2.75, 3.05) is 44.7 Å². The van der Waals surface area contributed by atoms with Gasteiger partial charge in [0.25, 0.3) is 0 Å². The second-order valence-electron chi connectivity index (χ2n) is 15.1. The number of H-pyrrole nitrogens is 1. The van der Waals surface area contributed by atoms with Gasteiger partial charge < -0.3 is 19.4 Å². The van der Waals surface area contributed by atoms with Gasteiger partial charge in [-0.2, -0.15) is 0 Å². The number of piperidine rings is 1. The largest absolute Gasteiger partial charge is 0.481 e. The third-order valence-electron chi connectivity index (χ3n) is 11.6. The van der Waals surface area contributed by atoms with Crippen LogP contribution >= 0.6 is 0 Å². The van der Waals surface area contributed by atoms with Crippen LogP contribution in [0.15, 0.2) is 85.3 Å². The number of nitrogens with one attached hydrogen (secondary N) is 1. The van der Waals surface area contributed by atoms with Crippen LogP contribution in [0.1, 0.15) is 78.5 Å². The van der Waals surface area contributed by atoms with Crippen molar-refractivity contribution in [2.24, 2.45) is 5.41 Å². The van der Waals surface area contributed by atoms with Gasteiger partial charge in [-0.05, 0) is 78.0 Å². The van der Waals surface area contributed by atoms with Crippen molar-refractivity contribution in [3.63, 3.8) is 0 Å². The molecular weight excluding hydrogens is 637 g/mol. The predicted octanol–water partition coefficient (Wildman–Crippen LogP) is 8.00. The van der Waals surface area contributed by atoms with Crippen molar-refractivity contribution in [1.29, 1.82) is 0 Å². The van der Waals surface area contributed by atoms with E-state index in [4.69, 9.17) is 9.47 Å². The first-order chi connectivity index (χ1) is 24.9. The summed E-state index contributed by atoms with van der Waals surface area (Å²) in [7, 11) is 1.66. The van der Waals surface area contributed by atoms with E-state index in [1.165, 1.54) is 42.4 Å². The van der Waals surface area contributed by atoms with E-state index >= 15 is 0 Å². The molecule has 8 rings (SSSR count). The van der Waals surface area contributed by atoms with Crippen LogP contribution < -0.4 is 14.4 Å². The van der Waals surface area contributed by atoms with Crippen LogP contribution in [-0.2, 0) is 6.54 Å². The van der Waals surface area contributed by atoms with Crippen molar-refractivity contribution in [3.8, 4) is 17.4 Å². The van der Waals surface area contributed by atoms with Gasteiger partial charge in [0.1, 0.15) is 17.1 Å². The Hall–Kier alpha value is -4.73. The SMILES string of the molecule is COc1ccc(CN2CCN(C3CC4(CCN(c5ccc(C=O)c(Oc6cnc7[nH]ccc7c6)c5)CC4)C3)C(c3ccccc3C(C)C)C2)cn1. The van der Waals surface area contributed by atoms with Gasteiger partial charge in [-0.1, -0.05) is 44.2 Å². The van der Waals surface area contributed by atoms with Gasteiger partial charge in [0.05, 0.1) is 18.9 Å². The van der Waals surface area contributed by atoms with Gasteiger partial charge in [0.15, 0.2) is 6.29 Å². The lowest BCUT2D eigenvalue weighted by molar-refractivity contribution is -0.0628. The number of anilines is 1. The Morgan fingerprint density at radius 2 is 1.80 bits per heavy atom. The number of hydrogen-bond donors (Lipinski definition) is 1. The number of aldehydes is 1. The third-order valence-corrected chi connectivity index (χ3v) is 11.6. The lowest BCUT2D eigenvalue weighted by atomic mass is 9.59. The fraction of sp³-hybridized carbons (Fsp3) is 0.405. The summed E-state index contributed by atoms with van der Waals surface area (Å²) >= 11 is 0. The number of aromatic amines is 1. The molecule has 2 aromatic carbocycles. The predicted molar refractivity (Wildman–Crippen MR) is 201 cm³/mol. The monoisotopic (exact) mass is 684 g/mol. The Morgan fingerprint density at radius 1 is 0.961 bits per heavy atom. The Bertz CT molecular complexity index is 1970. The maximum atomic E-state index is 11.9. The molecule has 2 saturated heterocycles. The summed E-state index contributed by atoms with van der Waals surface area (Å²) in [6, 6.07) is 24.1. The van der Waals surface area contributed by atoms with E-state index in [1.54, 1.807) is 13.3 Å². The van der Waals surface area contributed by atoms with Crippen LogP contribution in [0.2, 0.25) is 0 Å². The number of pyridine rings is 2. The molecule has 3 fully saturated rings. The van der Waals surface area contributed by atoms with Crippen molar-refractivity contribution in [2.45, 2.75) is 64.1 Å². The van der Waals surface area contributed by atoms with Crippen LogP contribution in [0, 0.1) is 5.41 Å². The highest BCUT2D eigenvalue weighted by atomic mass is 16.5. The van der Waals surface area contributed by atoms with E-state index in [2.05, 4.69) is 79.9 Å². The number of nitrogens with zero attached hydrogens (tertiary/aromatic N) is 5. The minimum absolute atomic E-state index is 0.369. The Kier molecular flexibility index (Phi) is 9.25. The van der Waals surface area contributed by atoms with Gasteiger partial charge in [0.2, 0.25) is 5.88 Å². The van der Waals surface area contributed by atoms with E-state index in [-0.39, 0.29) is 0 Å². The molecule has 9 heteroatoms. The zero-order valence-electron chi connectivity index (χ0n) is 29.9. The quantitative estimate of drug-likeness (QED) is 0.148. The van der Waals surface area contributed by atoms with E-state index < -0.39 is 0 Å². The Labute approximate surface area is 300 Å². The maximum absolute atomic E-state index is 11.9. The molecule has 2 aliphatic heterocycles. The molecule has 1 saturated carbocycles. The first-order valence-electron chi connectivity index (χ1n) is 18.4. The van der Waals surface area contributed by atoms with Crippen LogP contribution in [0.5, 0.6) is 17.4 Å². The molecule has 1 unspecified atom stereocenters. The van der Waals surface area contributed by atoms with Crippen LogP contribution in [0.3, 0.4) is 0 Å². The average molecular weight is 685 g/mol.